The third-order valence-corrected chi connectivity index (χ3v) is 3.89. The molecule has 0 spiro atoms. The standard InChI is InChI=1S/C13H21N3O4S/c1-9(17)11-10(12(18)20-4)15-13(21-11)14-5-6-16(2)7-8-19-3/h5-8H2,1-4H3,(H,14,15). The second-order valence-corrected chi connectivity index (χ2v) is 5.47. The monoisotopic (exact) mass is 315 g/mol. The molecule has 0 unspecified atom stereocenters. The number of nitrogens with one attached hydrogen (secondary N) is 1. The van der Waals surface area contributed by atoms with Crippen LogP contribution in [0.4, 0.5) is 5.13 Å². The Morgan fingerprint density at radius 2 is 2.05 bits per heavy atom. The number of likely N-dealkylation sites (N-methyl/N-ethyl adjacent to an activating group) is 1. The van der Waals surface area contributed by atoms with Crippen molar-refractivity contribution in [3.63, 3.8) is 0 Å². The second kappa shape index (κ2) is 8.71. The third-order valence-electron chi connectivity index (χ3n) is 2.77. The average Bonchev–Trinajstić information content (AvgIpc) is 2.88. The topological polar surface area (TPSA) is 80.8 Å². The first kappa shape index (κ1) is 17.5. The molecule has 0 bridgehead atoms. The Labute approximate surface area is 128 Å². The van der Waals surface area contributed by atoms with Crippen molar-refractivity contribution >= 4 is 28.2 Å². The summed E-state index contributed by atoms with van der Waals surface area (Å²) < 4.78 is 9.63. The molecule has 1 N–H and O–H groups in total. The van der Waals surface area contributed by atoms with E-state index in [2.05, 4.69) is 19.9 Å². The number of methoxy groups -OCH3 is 2. The van der Waals surface area contributed by atoms with E-state index in [9.17, 15) is 9.59 Å². The Balaban J connectivity index is 2.60. The van der Waals surface area contributed by atoms with E-state index in [-0.39, 0.29) is 11.5 Å². The molecule has 21 heavy (non-hydrogen) atoms. The molecule has 0 amide bonds. The number of thiazole rings is 1. The van der Waals surface area contributed by atoms with Crippen molar-refractivity contribution in [2.24, 2.45) is 0 Å². The zero-order valence-electron chi connectivity index (χ0n) is 12.8. The quantitative estimate of drug-likeness (QED) is 0.540. The first-order valence-electron chi connectivity index (χ1n) is 6.51. The predicted octanol–water partition coefficient (Wildman–Crippen LogP) is 1.12. The Kier molecular flexibility index (Phi) is 7.27. The van der Waals surface area contributed by atoms with Gasteiger partial charge >= 0.3 is 5.97 Å². The van der Waals surface area contributed by atoms with Crippen molar-refractivity contribution in [3.8, 4) is 0 Å². The van der Waals surface area contributed by atoms with E-state index in [0.717, 1.165) is 13.1 Å². The van der Waals surface area contributed by atoms with Crippen LogP contribution in [0.5, 0.6) is 0 Å². The molecule has 1 aromatic rings. The summed E-state index contributed by atoms with van der Waals surface area (Å²) in [5, 5.41) is 3.65. The maximum Gasteiger partial charge on any atom is 0.358 e. The lowest BCUT2D eigenvalue weighted by atomic mass is 10.3. The number of Topliss-reactive ketones (excluding diaryl/α,β-unsaturated/α-hetero) is 1. The molecule has 0 saturated heterocycles. The predicted molar refractivity (Wildman–Crippen MR) is 81.3 cm³/mol. The fraction of sp³-hybridized carbons (Fsp3) is 0.615. The Morgan fingerprint density at radius 3 is 2.62 bits per heavy atom. The summed E-state index contributed by atoms with van der Waals surface area (Å²) in [5.74, 6) is -0.792. The van der Waals surface area contributed by atoms with E-state index in [1.165, 1.54) is 25.4 Å². The van der Waals surface area contributed by atoms with Crippen molar-refractivity contribution in [1.82, 2.24) is 9.88 Å². The Hall–Kier alpha value is -1.51. The van der Waals surface area contributed by atoms with E-state index in [1.807, 2.05) is 7.05 Å². The fourth-order valence-corrected chi connectivity index (χ4v) is 2.46. The van der Waals surface area contributed by atoms with Crippen LogP contribution < -0.4 is 5.32 Å². The highest BCUT2D eigenvalue weighted by atomic mass is 32.1. The zero-order valence-corrected chi connectivity index (χ0v) is 13.6. The van der Waals surface area contributed by atoms with Crippen molar-refractivity contribution in [1.29, 1.82) is 0 Å². The molecule has 7 nitrogen and oxygen atoms in total. The SMILES string of the molecule is COCCN(C)CCNc1nc(C(=O)OC)c(C(C)=O)s1. The van der Waals surface area contributed by atoms with Crippen molar-refractivity contribution in [2.75, 3.05) is 52.8 Å². The van der Waals surface area contributed by atoms with Crippen LogP contribution in [-0.2, 0) is 9.47 Å². The van der Waals surface area contributed by atoms with Gasteiger partial charge in [0.2, 0.25) is 0 Å². The first-order valence-corrected chi connectivity index (χ1v) is 7.32. The van der Waals surface area contributed by atoms with Gasteiger partial charge in [0.15, 0.2) is 16.6 Å². The van der Waals surface area contributed by atoms with Gasteiger partial charge in [0, 0.05) is 33.7 Å². The maximum absolute atomic E-state index is 11.6. The van der Waals surface area contributed by atoms with Crippen LogP contribution in [0.25, 0.3) is 0 Å². The third kappa shape index (κ3) is 5.41. The van der Waals surface area contributed by atoms with Crippen LogP contribution in [0.1, 0.15) is 27.1 Å². The molecule has 0 fully saturated rings. The molecular weight excluding hydrogens is 294 g/mol. The summed E-state index contributed by atoms with van der Waals surface area (Å²) in [6.07, 6.45) is 0. The minimum atomic E-state index is -0.596. The largest absolute Gasteiger partial charge is 0.464 e. The molecule has 118 valence electrons. The number of aromatic nitrogens is 1. The molecule has 0 aliphatic rings. The Bertz CT molecular complexity index is 490. The number of ketones is 1. The highest BCUT2D eigenvalue weighted by Crippen LogP contribution is 2.24. The molecule has 0 aromatic carbocycles. The average molecular weight is 315 g/mol. The summed E-state index contributed by atoms with van der Waals surface area (Å²) in [7, 11) is 4.92. The summed E-state index contributed by atoms with van der Waals surface area (Å²) in [5.41, 5.74) is 0.0743. The molecule has 0 atom stereocenters. The summed E-state index contributed by atoms with van der Waals surface area (Å²) >= 11 is 1.17. The van der Waals surface area contributed by atoms with Crippen LogP contribution in [0.2, 0.25) is 0 Å². The van der Waals surface area contributed by atoms with Gasteiger partial charge in [-0.3, -0.25) is 4.79 Å². The molecule has 1 rings (SSSR count). The van der Waals surface area contributed by atoms with Gasteiger partial charge in [-0.1, -0.05) is 11.3 Å². The maximum atomic E-state index is 11.6. The van der Waals surface area contributed by atoms with Crippen LogP contribution in [0.15, 0.2) is 0 Å². The lowest BCUT2D eigenvalue weighted by molar-refractivity contribution is 0.0591. The molecule has 8 heteroatoms. The van der Waals surface area contributed by atoms with Crippen LogP contribution in [-0.4, -0.2) is 69.1 Å². The van der Waals surface area contributed by atoms with E-state index < -0.39 is 5.97 Å². The van der Waals surface area contributed by atoms with E-state index in [1.54, 1.807) is 7.11 Å². The minimum absolute atomic E-state index is 0.0743. The lowest BCUT2D eigenvalue weighted by Gasteiger charge is -2.15. The van der Waals surface area contributed by atoms with Gasteiger partial charge in [-0.05, 0) is 7.05 Å². The van der Waals surface area contributed by atoms with Gasteiger partial charge in [0.25, 0.3) is 0 Å². The Morgan fingerprint density at radius 1 is 1.33 bits per heavy atom. The van der Waals surface area contributed by atoms with E-state index in [4.69, 9.17) is 4.74 Å². The van der Waals surface area contributed by atoms with Crippen molar-refractivity contribution < 1.29 is 19.1 Å². The van der Waals surface area contributed by atoms with Crippen LogP contribution in [0, 0.1) is 0 Å². The number of esters is 1. The summed E-state index contributed by atoms with van der Waals surface area (Å²) in [6, 6.07) is 0. The van der Waals surface area contributed by atoms with Crippen LogP contribution in [0.3, 0.4) is 0 Å². The molecule has 0 radical (unpaired) electrons. The number of carbonyl (C=O) groups is 2. The molecular formula is C13H21N3O4S. The van der Waals surface area contributed by atoms with Crippen molar-refractivity contribution in [3.05, 3.63) is 10.6 Å². The van der Waals surface area contributed by atoms with Gasteiger partial charge in [0.1, 0.15) is 4.88 Å². The number of carbonyl (C=O) groups excluding carboxylic acids is 2. The fourth-order valence-electron chi connectivity index (χ4n) is 1.58. The number of ether oxygens (including phenoxy) is 2. The normalized spacial score (nSPS) is 10.7. The van der Waals surface area contributed by atoms with E-state index >= 15 is 0 Å². The van der Waals surface area contributed by atoms with E-state index in [0.29, 0.717) is 23.2 Å². The highest BCUT2D eigenvalue weighted by molar-refractivity contribution is 7.17. The van der Waals surface area contributed by atoms with Crippen molar-refractivity contribution in [2.45, 2.75) is 6.92 Å². The number of rotatable bonds is 9. The highest BCUT2D eigenvalue weighted by Gasteiger charge is 2.21. The number of hydrogen-bond donors (Lipinski definition) is 1. The van der Waals surface area contributed by atoms with Gasteiger partial charge < -0.3 is 19.7 Å². The summed E-state index contributed by atoms with van der Waals surface area (Å²) in [6.45, 7) is 4.37. The minimum Gasteiger partial charge on any atom is -0.464 e. The number of anilines is 1. The van der Waals surface area contributed by atoms with Gasteiger partial charge in [-0.2, -0.15) is 0 Å². The van der Waals surface area contributed by atoms with Gasteiger partial charge in [-0.15, -0.1) is 0 Å². The lowest BCUT2D eigenvalue weighted by Crippen LogP contribution is -2.28. The first-order chi connectivity index (χ1) is 9.99. The smallest absolute Gasteiger partial charge is 0.358 e. The van der Waals surface area contributed by atoms with Gasteiger partial charge in [0.05, 0.1) is 13.7 Å². The van der Waals surface area contributed by atoms with Crippen LogP contribution >= 0.6 is 11.3 Å². The zero-order chi connectivity index (χ0) is 15.8. The second-order valence-electron chi connectivity index (χ2n) is 4.47. The molecule has 0 aliphatic heterocycles. The van der Waals surface area contributed by atoms with Gasteiger partial charge in [-0.25, -0.2) is 9.78 Å². The molecule has 1 aromatic heterocycles. The molecule has 0 aliphatic carbocycles. The summed E-state index contributed by atoms with van der Waals surface area (Å²) in [4.78, 5) is 29.6. The molecule has 0 saturated carbocycles. The number of hydrogen-bond acceptors (Lipinski definition) is 8. The number of nitrogens with zero attached hydrogens (tertiary/aromatic N) is 2. The molecule has 1 heterocycles.